The van der Waals surface area contributed by atoms with Crippen LogP contribution in [-0.2, 0) is 4.74 Å². The summed E-state index contributed by atoms with van der Waals surface area (Å²) in [4.78, 5) is 6.91. The van der Waals surface area contributed by atoms with Crippen molar-refractivity contribution in [1.82, 2.24) is 10.2 Å². The Morgan fingerprint density at radius 1 is 1.43 bits per heavy atom. The number of likely N-dealkylation sites (tertiary alicyclic amines) is 1. The molecule has 21 heavy (non-hydrogen) atoms. The van der Waals surface area contributed by atoms with Crippen molar-refractivity contribution in [3.8, 4) is 0 Å². The van der Waals surface area contributed by atoms with Crippen LogP contribution in [0.2, 0.25) is 0 Å². The molecular formula is C16H28IN3O. The van der Waals surface area contributed by atoms with Crippen molar-refractivity contribution in [2.45, 2.75) is 32.1 Å². The SMILES string of the molecule is CN=C(NCC1CC=CCC1)N1CCC2(CCOC2)C1.I. The number of nitrogens with one attached hydrogen (secondary N) is 1. The van der Waals surface area contributed by atoms with E-state index in [1.807, 2.05) is 7.05 Å². The molecule has 2 atom stereocenters. The molecule has 2 unspecified atom stereocenters. The maximum Gasteiger partial charge on any atom is 0.193 e. The van der Waals surface area contributed by atoms with Gasteiger partial charge in [0.15, 0.2) is 5.96 Å². The molecule has 0 radical (unpaired) electrons. The average molecular weight is 405 g/mol. The normalized spacial score (nSPS) is 32.5. The lowest BCUT2D eigenvalue weighted by atomic mass is 9.87. The highest BCUT2D eigenvalue weighted by Gasteiger charge is 2.42. The van der Waals surface area contributed by atoms with E-state index in [2.05, 4.69) is 27.4 Å². The molecule has 2 heterocycles. The highest BCUT2D eigenvalue weighted by Crippen LogP contribution is 2.38. The summed E-state index contributed by atoms with van der Waals surface area (Å²) in [6, 6.07) is 0. The first-order valence-electron chi connectivity index (χ1n) is 8.00. The highest BCUT2D eigenvalue weighted by molar-refractivity contribution is 14.0. The fourth-order valence-electron chi connectivity index (χ4n) is 3.70. The van der Waals surface area contributed by atoms with Crippen LogP contribution in [-0.4, -0.2) is 50.8 Å². The van der Waals surface area contributed by atoms with E-state index >= 15 is 0 Å². The molecule has 1 aliphatic carbocycles. The minimum Gasteiger partial charge on any atom is -0.381 e. The van der Waals surface area contributed by atoms with Crippen molar-refractivity contribution in [2.24, 2.45) is 16.3 Å². The predicted molar refractivity (Wildman–Crippen MR) is 97.3 cm³/mol. The number of hydrogen-bond acceptors (Lipinski definition) is 2. The van der Waals surface area contributed by atoms with Gasteiger partial charge in [-0.15, -0.1) is 24.0 Å². The van der Waals surface area contributed by atoms with E-state index < -0.39 is 0 Å². The van der Waals surface area contributed by atoms with Gasteiger partial charge in [-0.3, -0.25) is 4.99 Å². The highest BCUT2D eigenvalue weighted by atomic mass is 127. The summed E-state index contributed by atoms with van der Waals surface area (Å²) >= 11 is 0. The molecule has 1 N–H and O–H groups in total. The molecule has 0 bridgehead atoms. The summed E-state index contributed by atoms with van der Waals surface area (Å²) in [6.45, 7) is 5.16. The van der Waals surface area contributed by atoms with Gasteiger partial charge in [0.1, 0.15) is 0 Å². The average Bonchev–Trinajstić information content (AvgIpc) is 3.12. The molecule has 120 valence electrons. The lowest BCUT2D eigenvalue weighted by Gasteiger charge is -2.26. The first-order chi connectivity index (χ1) is 9.81. The fourth-order valence-corrected chi connectivity index (χ4v) is 3.70. The summed E-state index contributed by atoms with van der Waals surface area (Å²) in [5.41, 5.74) is 0.408. The zero-order valence-electron chi connectivity index (χ0n) is 13.0. The Balaban J connectivity index is 0.00000161. The van der Waals surface area contributed by atoms with Gasteiger partial charge in [-0.2, -0.15) is 0 Å². The maximum atomic E-state index is 5.60. The molecule has 0 amide bonds. The second-order valence-corrected chi connectivity index (χ2v) is 6.55. The van der Waals surface area contributed by atoms with Crippen molar-refractivity contribution < 1.29 is 4.74 Å². The zero-order valence-corrected chi connectivity index (χ0v) is 15.3. The molecule has 2 saturated heterocycles. The third-order valence-electron chi connectivity index (χ3n) is 5.06. The van der Waals surface area contributed by atoms with E-state index in [9.17, 15) is 0 Å². The van der Waals surface area contributed by atoms with E-state index in [-0.39, 0.29) is 24.0 Å². The van der Waals surface area contributed by atoms with Crippen molar-refractivity contribution >= 4 is 29.9 Å². The largest absolute Gasteiger partial charge is 0.381 e. The van der Waals surface area contributed by atoms with Crippen LogP contribution in [0.3, 0.4) is 0 Å². The van der Waals surface area contributed by atoms with Gasteiger partial charge in [-0.25, -0.2) is 0 Å². The quantitative estimate of drug-likeness (QED) is 0.332. The minimum absolute atomic E-state index is 0. The second kappa shape index (κ2) is 7.81. The summed E-state index contributed by atoms with van der Waals surface area (Å²) in [6.07, 6.45) is 10.8. The van der Waals surface area contributed by atoms with Crippen molar-refractivity contribution in [3.05, 3.63) is 12.2 Å². The molecule has 1 spiro atoms. The Hall–Kier alpha value is -0.300. The summed E-state index contributed by atoms with van der Waals surface area (Å²) in [5, 5.41) is 3.59. The van der Waals surface area contributed by atoms with E-state index in [4.69, 9.17) is 4.74 Å². The number of guanidine groups is 1. The molecule has 3 aliphatic rings. The van der Waals surface area contributed by atoms with Gasteiger partial charge in [0.05, 0.1) is 6.61 Å². The Labute approximate surface area is 145 Å². The summed E-state index contributed by atoms with van der Waals surface area (Å²) in [5.74, 6) is 1.85. The van der Waals surface area contributed by atoms with E-state index in [1.54, 1.807) is 0 Å². The van der Waals surface area contributed by atoms with Crippen LogP contribution in [0.5, 0.6) is 0 Å². The lowest BCUT2D eigenvalue weighted by molar-refractivity contribution is 0.156. The van der Waals surface area contributed by atoms with Crippen LogP contribution in [0.25, 0.3) is 0 Å². The van der Waals surface area contributed by atoms with Gasteiger partial charge in [-0.1, -0.05) is 12.2 Å². The minimum atomic E-state index is 0. The summed E-state index contributed by atoms with van der Waals surface area (Å²) in [7, 11) is 1.90. The zero-order chi connectivity index (χ0) is 13.8. The number of halogens is 1. The Morgan fingerprint density at radius 3 is 3.00 bits per heavy atom. The molecule has 0 saturated carbocycles. The Morgan fingerprint density at radius 2 is 2.33 bits per heavy atom. The number of hydrogen-bond donors (Lipinski definition) is 1. The molecule has 0 aromatic rings. The van der Waals surface area contributed by atoms with Gasteiger partial charge in [0.25, 0.3) is 0 Å². The molecule has 0 aromatic heterocycles. The van der Waals surface area contributed by atoms with E-state index in [0.717, 1.165) is 44.7 Å². The van der Waals surface area contributed by atoms with Gasteiger partial charge < -0.3 is 15.0 Å². The van der Waals surface area contributed by atoms with Gasteiger partial charge in [0, 0.05) is 38.7 Å². The second-order valence-electron chi connectivity index (χ2n) is 6.55. The molecule has 5 heteroatoms. The standard InChI is InChI=1S/C16H27N3O.HI/c1-17-15(18-11-14-5-3-2-4-6-14)19-9-7-16(12-19)8-10-20-13-16;/h2-3,14H,4-13H2,1H3,(H,17,18);1H. The van der Waals surface area contributed by atoms with Gasteiger partial charge in [-0.05, 0) is 38.0 Å². The van der Waals surface area contributed by atoms with Crippen LogP contribution in [0.4, 0.5) is 0 Å². The number of nitrogens with zero attached hydrogens (tertiary/aromatic N) is 2. The number of aliphatic imine (C=N–C) groups is 1. The first-order valence-corrected chi connectivity index (χ1v) is 8.00. The van der Waals surface area contributed by atoms with Crippen molar-refractivity contribution in [1.29, 1.82) is 0 Å². The van der Waals surface area contributed by atoms with Crippen LogP contribution in [0, 0.1) is 11.3 Å². The molecule has 2 aliphatic heterocycles. The van der Waals surface area contributed by atoms with Crippen LogP contribution >= 0.6 is 24.0 Å². The fraction of sp³-hybridized carbons (Fsp3) is 0.812. The number of allylic oxidation sites excluding steroid dienone is 2. The van der Waals surface area contributed by atoms with Crippen LogP contribution in [0.1, 0.15) is 32.1 Å². The van der Waals surface area contributed by atoms with Crippen LogP contribution in [0.15, 0.2) is 17.1 Å². The smallest absolute Gasteiger partial charge is 0.193 e. The molecule has 0 aromatic carbocycles. The maximum absolute atomic E-state index is 5.60. The Kier molecular flexibility index (Phi) is 6.34. The Bertz CT molecular complexity index is 391. The lowest BCUT2D eigenvalue weighted by Crippen LogP contribution is -2.43. The molecule has 2 fully saturated rings. The molecule has 4 nitrogen and oxygen atoms in total. The van der Waals surface area contributed by atoms with Crippen LogP contribution < -0.4 is 5.32 Å². The number of rotatable bonds is 2. The van der Waals surface area contributed by atoms with Gasteiger partial charge in [0.2, 0.25) is 0 Å². The third-order valence-corrected chi connectivity index (χ3v) is 5.06. The number of ether oxygens (including phenoxy) is 1. The van der Waals surface area contributed by atoms with E-state index in [0.29, 0.717) is 5.41 Å². The summed E-state index contributed by atoms with van der Waals surface area (Å²) < 4.78 is 5.60. The van der Waals surface area contributed by atoms with Crippen molar-refractivity contribution in [2.75, 3.05) is 39.9 Å². The monoisotopic (exact) mass is 405 g/mol. The topological polar surface area (TPSA) is 36.9 Å². The predicted octanol–water partition coefficient (Wildman–Crippen LogP) is 2.65. The molecule has 3 rings (SSSR count). The third kappa shape index (κ3) is 4.12. The molecular weight excluding hydrogens is 377 g/mol. The van der Waals surface area contributed by atoms with Crippen molar-refractivity contribution in [3.63, 3.8) is 0 Å². The van der Waals surface area contributed by atoms with E-state index in [1.165, 1.54) is 32.1 Å². The first kappa shape index (κ1) is 17.1. The van der Waals surface area contributed by atoms with Gasteiger partial charge >= 0.3 is 0 Å².